The summed E-state index contributed by atoms with van der Waals surface area (Å²) in [5.74, 6) is 0.798. The molecule has 0 saturated carbocycles. The van der Waals surface area contributed by atoms with Crippen molar-refractivity contribution in [1.29, 1.82) is 0 Å². The van der Waals surface area contributed by atoms with Crippen LogP contribution in [0.1, 0.15) is 28.7 Å². The SMILES string of the molecule is COc1cc(/C=C2\SC(=O)N(CCNC(=O)Cc3ccc4c(c3)CCC4)C2=O)cc(OC)c1OC. The van der Waals surface area contributed by atoms with Crippen LogP contribution in [0.5, 0.6) is 17.2 Å². The Labute approximate surface area is 208 Å². The van der Waals surface area contributed by atoms with Gasteiger partial charge in [-0.05, 0) is 71.5 Å². The average Bonchev–Trinajstić information content (AvgIpc) is 3.42. The second-order valence-corrected chi connectivity index (χ2v) is 9.27. The molecule has 8 nitrogen and oxygen atoms in total. The molecule has 0 aromatic heterocycles. The number of thioether (sulfide) groups is 1. The Bertz CT molecular complexity index is 1170. The van der Waals surface area contributed by atoms with E-state index in [1.807, 2.05) is 6.07 Å². The molecular weight excluding hydrogens is 468 g/mol. The molecule has 3 amide bonds. The van der Waals surface area contributed by atoms with Gasteiger partial charge in [0, 0.05) is 13.1 Å². The Kier molecular flexibility index (Phi) is 7.65. The molecule has 0 unspecified atom stereocenters. The van der Waals surface area contributed by atoms with Gasteiger partial charge in [-0.3, -0.25) is 19.3 Å². The van der Waals surface area contributed by atoms with Gasteiger partial charge in [0.2, 0.25) is 11.7 Å². The molecule has 2 aliphatic rings. The highest BCUT2D eigenvalue weighted by Gasteiger charge is 2.34. The monoisotopic (exact) mass is 496 g/mol. The third-order valence-corrected chi connectivity index (χ3v) is 6.95. The first-order valence-electron chi connectivity index (χ1n) is 11.4. The maximum atomic E-state index is 12.8. The van der Waals surface area contributed by atoms with Crippen LogP contribution < -0.4 is 19.5 Å². The Morgan fingerprint density at radius 3 is 2.43 bits per heavy atom. The fourth-order valence-corrected chi connectivity index (χ4v) is 5.18. The van der Waals surface area contributed by atoms with Crippen LogP contribution in [0.4, 0.5) is 4.79 Å². The molecule has 0 spiro atoms. The van der Waals surface area contributed by atoms with Gasteiger partial charge in [-0.25, -0.2) is 0 Å². The maximum absolute atomic E-state index is 12.8. The number of carbonyl (C=O) groups excluding carboxylic acids is 3. The molecule has 4 rings (SSSR count). The summed E-state index contributed by atoms with van der Waals surface area (Å²) in [6.45, 7) is 0.298. The zero-order chi connectivity index (χ0) is 24.9. The van der Waals surface area contributed by atoms with E-state index in [2.05, 4.69) is 17.4 Å². The molecule has 9 heteroatoms. The minimum atomic E-state index is -0.401. The predicted octanol–water partition coefficient (Wildman–Crippen LogP) is 3.60. The minimum Gasteiger partial charge on any atom is -0.493 e. The van der Waals surface area contributed by atoms with Crippen LogP contribution in [-0.4, -0.2) is 56.4 Å². The third kappa shape index (κ3) is 5.45. The van der Waals surface area contributed by atoms with Crippen molar-refractivity contribution in [1.82, 2.24) is 10.2 Å². The van der Waals surface area contributed by atoms with Crippen LogP contribution >= 0.6 is 11.8 Å². The number of hydrogen-bond acceptors (Lipinski definition) is 7. The number of rotatable bonds is 9. The van der Waals surface area contributed by atoms with Gasteiger partial charge in [0.15, 0.2) is 11.5 Å². The van der Waals surface area contributed by atoms with Gasteiger partial charge >= 0.3 is 0 Å². The Morgan fingerprint density at radius 2 is 1.74 bits per heavy atom. The van der Waals surface area contributed by atoms with Gasteiger partial charge in [0.1, 0.15) is 0 Å². The van der Waals surface area contributed by atoms with Crippen molar-refractivity contribution in [3.05, 3.63) is 57.5 Å². The molecule has 0 atom stereocenters. The number of fused-ring (bicyclic) bond motifs is 1. The summed E-state index contributed by atoms with van der Waals surface area (Å²) in [4.78, 5) is 39.1. The van der Waals surface area contributed by atoms with E-state index in [9.17, 15) is 14.4 Å². The van der Waals surface area contributed by atoms with Crippen molar-refractivity contribution in [2.45, 2.75) is 25.7 Å². The second kappa shape index (κ2) is 10.9. The number of aryl methyl sites for hydroxylation is 2. The molecule has 1 aliphatic carbocycles. The number of hydrogen-bond donors (Lipinski definition) is 1. The first kappa shape index (κ1) is 24.7. The first-order valence-corrected chi connectivity index (χ1v) is 12.2. The lowest BCUT2D eigenvalue weighted by molar-refractivity contribution is -0.124. The molecule has 1 saturated heterocycles. The molecule has 1 aliphatic heterocycles. The van der Waals surface area contributed by atoms with E-state index in [1.165, 1.54) is 32.5 Å². The van der Waals surface area contributed by atoms with Crippen molar-refractivity contribution < 1.29 is 28.6 Å². The number of methoxy groups -OCH3 is 3. The van der Waals surface area contributed by atoms with Crippen LogP contribution in [0.15, 0.2) is 35.2 Å². The van der Waals surface area contributed by atoms with Gasteiger partial charge in [-0.15, -0.1) is 0 Å². The molecule has 1 heterocycles. The Morgan fingerprint density at radius 1 is 1.03 bits per heavy atom. The summed E-state index contributed by atoms with van der Waals surface area (Å²) >= 11 is 0.859. The van der Waals surface area contributed by atoms with E-state index < -0.39 is 5.91 Å². The fraction of sp³-hybridized carbons (Fsp3) is 0.346. The fourth-order valence-electron chi connectivity index (χ4n) is 4.32. The van der Waals surface area contributed by atoms with Gasteiger partial charge in [0.25, 0.3) is 11.1 Å². The van der Waals surface area contributed by atoms with E-state index in [1.54, 1.807) is 18.2 Å². The van der Waals surface area contributed by atoms with E-state index in [-0.39, 0.29) is 35.6 Å². The number of nitrogens with zero attached hydrogens (tertiary/aromatic N) is 1. The Hall–Kier alpha value is -3.46. The highest BCUT2D eigenvalue weighted by atomic mass is 32.2. The Balaban J connectivity index is 1.36. The first-order chi connectivity index (χ1) is 16.9. The molecule has 1 N–H and O–H groups in total. The lowest BCUT2D eigenvalue weighted by Crippen LogP contribution is -2.37. The smallest absolute Gasteiger partial charge is 0.293 e. The molecule has 0 bridgehead atoms. The van der Waals surface area contributed by atoms with Crippen LogP contribution in [0.2, 0.25) is 0 Å². The van der Waals surface area contributed by atoms with Crippen LogP contribution in [0.25, 0.3) is 6.08 Å². The number of ether oxygens (including phenoxy) is 3. The largest absolute Gasteiger partial charge is 0.493 e. The number of carbonyl (C=O) groups is 3. The molecule has 2 aromatic rings. The molecule has 2 aromatic carbocycles. The van der Waals surface area contributed by atoms with Gasteiger partial charge < -0.3 is 19.5 Å². The van der Waals surface area contributed by atoms with Crippen molar-refractivity contribution in [2.75, 3.05) is 34.4 Å². The predicted molar refractivity (Wildman–Crippen MR) is 134 cm³/mol. The summed E-state index contributed by atoms with van der Waals surface area (Å²) in [5.41, 5.74) is 4.30. The van der Waals surface area contributed by atoms with Crippen molar-refractivity contribution in [2.24, 2.45) is 0 Å². The summed E-state index contributed by atoms with van der Waals surface area (Å²) < 4.78 is 16.0. The third-order valence-electron chi connectivity index (χ3n) is 6.04. The molecule has 184 valence electrons. The normalized spacial score (nSPS) is 16.0. The zero-order valence-corrected chi connectivity index (χ0v) is 20.8. The lowest BCUT2D eigenvalue weighted by atomic mass is 10.0. The zero-order valence-electron chi connectivity index (χ0n) is 20.0. The number of imide groups is 1. The van der Waals surface area contributed by atoms with Crippen LogP contribution in [0.3, 0.4) is 0 Å². The summed E-state index contributed by atoms with van der Waals surface area (Å²) in [7, 11) is 4.52. The van der Waals surface area contributed by atoms with Gasteiger partial charge in [-0.2, -0.15) is 0 Å². The van der Waals surface area contributed by atoms with Crippen LogP contribution in [0, 0.1) is 0 Å². The summed E-state index contributed by atoms with van der Waals surface area (Å²) in [6, 6.07) is 9.61. The maximum Gasteiger partial charge on any atom is 0.293 e. The highest BCUT2D eigenvalue weighted by Crippen LogP contribution is 2.40. The molecular formula is C26H28N2O6S. The number of amides is 3. The van der Waals surface area contributed by atoms with Gasteiger partial charge in [-0.1, -0.05) is 18.2 Å². The summed E-state index contributed by atoms with van der Waals surface area (Å²) in [5, 5.41) is 2.44. The van der Waals surface area contributed by atoms with Crippen molar-refractivity contribution >= 4 is 34.9 Å². The standard InChI is InChI=1S/C26H28N2O6S/c1-32-20-12-17(13-21(33-2)24(20)34-3)14-22-25(30)28(26(31)35-22)10-9-27-23(29)15-16-7-8-18-5-4-6-19(18)11-16/h7-8,11-14H,4-6,9-10,15H2,1-3H3,(H,27,29)/b22-14-. The quantitative estimate of drug-likeness (QED) is 0.530. The van der Waals surface area contributed by atoms with E-state index in [0.29, 0.717) is 22.8 Å². The lowest BCUT2D eigenvalue weighted by Gasteiger charge is -2.14. The highest BCUT2D eigenvalue weighted by molar-refractivity contribution is 8.18. The van der Waals surface area contributed by atoms with E-state index in [0.717, 1.165) is 41.5 Å². The van der Waals surface area contributed by atoms with Crippen molar-refractivity contribution in [3.8, 4) is 17.2 Å². The topological polar surface area (TPSA) is 94.2 Å². The number of benzene rings is 2. The van der Waals surface area contributed by atoms with E-state index >= 15 is 0 Å². The van der Waals surface area contributed by atoms with E-state index in [4.69, 9.17) is 14.2 Å². The molecule has 35 heavy (non-hydrogen) atoms. The van der Waals surface area contributed by atoms with Crippen molar-refractivity contribution in [3.63, 3.8) is 0 Å². The summed E-state index contributed by atoms with van der Waals surface area (Å²) in [6.07, 6.45) is 5.22. The van der Waals surface area contributed by atoms with Crippen LogP contribution in [-0.2, 0) is 28.9 Å². The number of nitrogens with one attached hydrogen (secondary N) is 1. The molecule has 0 radical (unpaired) electrons. The second-order valence-electron chi connectivity index (χ2n) is 8.28. The minimum absolute atomic E-state index is 0.104. The molecule has 1 fully saturated rings. The average molecular weight is 497 g/mol. The van der Waals surface area contributed by atoms with Gasteiger partial charge in [0.05, 0.1) is 32.7 Å².